The third-order valence-corrected chi connectivity index (χ3v) is 4.71. The maximum atomic E-state index is 12.4. The summed E-state index contributed by atoms with van der Waals surface area (Å²) < 4.78 is 0. The molecular weight excluding hydrogens is 369 g/mol. The van der Waals surface area contributed by atoms with Crippen molar-refractivity contribution in [2.75, 3.05) is 24.3 Å². The molecule has 0 bridgehead atoms. The predicted molar refractivity (Wildman–Crippen MR) is 103 cm³/mol. The van der Waals surface area contributed by atoms with Crippen LogP contribution in [0.5, 0.6) is 0 Å². The van der Waals surface area contributed by atoms with Gasteiger partial charge in [0.05, 0.1) is 26.5 Å². The fraction of sp³-hybridized carbons (Fsp3) is 0.176. The van der Waals surface area contributed by atoms with Crippen LogP contribution in [0.4, 0.5) is 11.4 Å². The van der Waals surface area contributed by atoms with Crippen molar-refractivity contribution in [3.63, 3.8) is 0 Å². The molecule has 0 saturated carbocycles. The molecule has 0 aliphatic carbocycles. The maximum Gasteiger partial charge on any atom is 0.258 e. The van der Waals surface area contributed by atoms with Crippen molar-refractivity contribution in [1.29, 1.82) is 0 Å². The van der Waals surface area contributed by atoms with Crippen LogP contribution in [0.25, 0.3) is 0 Å². The number of hydrogen-bond acceptors (Lipinski definition) is 2. The number of amidine groups is 1. The molecule has 0 unspecified atom stereocenters. The molecule has 1 N–H and O–H groups in total. The molecule has 24 heavy (non-hydrogen) atoms. The molecule has 0 atom stereocenters. The summed E-state index contributed by atoms with van der Waals surface area (Å²) >= 11 is 18.1. The molecule has 0 spiro atoms. The van der Waals surface area contributed by atoms with Gasteiger partial charge in [0.15, 0.2) is 0 Å². The molecule has 0 heterocycles. The quantitative estimate of drug-likeness (QED) is 0.438. The summed E-state index contributed by atoms with van der Waals surface area (Å²) in [6, 6.07) is 10.4. The average Bonchev–Trinajstić information content (AvgIpc) is 2.58. The first-order chi connectivity index (χ1) is 11.3. The minimum atomic E-state index is -0.417. The monoisotopic (exact) mass is 383 g/mol. The van der Waals surface area contributed by atoms with Crippen molar-refractivity contribution in [2.24, 2.45) is 4.99 Å². The van der Waals surface area contributed by atoms with E-state index >= 15 is 0 Å². The highest BCUT2D eigenvalue weighted by molar-refractivity contribution is 6.46. The Labute approximate surface area is 156 Å². The Kier molecular flexibility index (Phi) is 6.10. The summed E-state index contributed by atoms with van der Waals surface area (Å²) in [5.41, 5.74) is 1.73. The molecule has 2 rings (SSSR count). The van der Waals surface area contributed by atoms with Gasteiger partial charge in [-0.05, 0) is 43.3 Å². The van der Waals surface area contributed by atoms with Gasteiger partial charge >= 0.3 is 0 Å². The summed E-state index contributed by atoms with van der Waals surface area (Å²) in [5.74, 6) is 0.462. The molecular formula is C17H16Cl3N3O. The second-order valence-corrected chi connectivity index (χ2v) is 6.24. The number of benzene rings is 2. The molecule has 0 saturated heterocycles. The smallest absolute Gasteiger partial charge is 0.258 e. The van der Waals surface area contributed by atoms with Crippen LogP contribution in [0.1, 0.15) is 17.3 Å². The van der Waals surface area contributed by atoms with Crippen LogP contribution >= 0.6 is 34.8 Å². The van der Waals surface area contributed by atoms with Crippen molar-refractivity contribution in [3.8, 4) is 0 Å². The average molecular weight is 385 g/mol. The zero-order valence-electron chi connectivity index (χ0n) is 13.4. The van der Waals surface area contributed by atoms with Gasteiger partial charge in [-0.25, -0.2) is 0 Å². The summed E-state index contributed by atoms with van der Waals surface area (Å²) in [6.07, 6.45) is 0. The van der Waals surface area contributed by atoms with Gasteiger partial charge in [-0.2, -0.15) is 0 Å². The second-order valence-electron chi connectivity index (χ2n) is 5.05. The third-order valence-electron chi connectivity index (χ3n) is 3.59. The highest BCUT2D eigenvalue weighted by atomic mass is 35.5. The third kappa shape index (κ3) is 4.01. The second kappa shape index (κ2) is 7.88. The van der Waals surface area contributed by atoms with Crippen LogP contribution in [-0.4, -0.2) is 25.8 Å². The van der Waals surface area contributed by atoms with Gasteiger partial charge in [0.25, 0.3) is 5.91 Å². The fourth-order valence-electron chi connectivity index (χ4n) is 2.03. The molecule has 0 fully saturated rings. The lowest BCUT2D eigenvalue weighted by Gasteiger charge is -2.19. The lowest BCUT2D eigenvalue weighted by atomic mass is 10.2. The van der Waals surface area contributed by atoms with Crippen LogP contribution in [0, 0.1) is 0 Å². The first-order valence-corrected chi connectivity index (χ1v) is 8.20. The number of hydrogen-bond donors (Lipinski definition) is 1. The molecule has 126 valence electrons. The Hall–Kier alpha value is -1.75. The van der Waals surface area contributed by atoms with Crippen LogP contribution in [-0.2, 0) is 0 Å². The Morgan fingerprint density at radius 1 is 1.04 bits per heavy atom. The maximum absolute atomic E-state index is 12.4. The highest BCUT2D eigenvalue weighted by Gasteiger charge is 2.17. The van der Waals surface area contributed by atoms with E-state index in [1.165, 1.54) is 6.07 Å². The summed E-state index contributed by atoms with van der Waals surface area (Å²) in [5, 5.41) is 3.41. The van der Waals surface area contributed by atoms with E-state index in [1.807, 2.05) is 31.0 Å². The number of carbonyl (C=O) groups is 1. The highest BCUT2D eigenvalue weighted by Crippen LogP contribution is 2.32. The van der Waals surface area contributed by atoms with E-state index in [1.54, 1.807) is 25.2 Å². The van der Waals surface area contributed by atoms with Crippen LogP contribution in [0.15, 0.2) is 41.4 Å². The van der Waals surface area contributed by atoms with Gasteiger partial charge in [-0.3, -0.25) is 9.79 Å². The molecule has 1 amide bonds. The number of amides is 1. The number of halogens is 3. The SMILES string of the molecule is CN=C(C)N(C)c1ccc(NC(=O)c2c(Cl)ccc(Cl)c2Cl)cc1. The van der Waals surface area contributed by atoms with Gasteiger partial charge in [0, 0.05) is 25.5 Å². The standard InChI is InChI=1S/C17H16Cl3N3O/c1-10(21-2)23(3)12-6-4-11(5-7-12)22-17(24)15-13(18)8-9-14(19)16(15)20/h4-9H,1-3H3,(H,22,24). The van der Waals surface area contributed by atoms with E-state index in [0.717, 1.165) is 11.5 Å². The summed E-state index contributed by atoms with van der Waals surface area (Å²) in [6.45, 7) is 1.92. The van der Waals surface area contributed by atoms with Crippen molar-refractivity contribution < 1.29 is 4.79 Å². The number of carbonyl (C=O) groups excluding carboxylic acids is 1. The van der Waals surface area contributed by atoms with E-state index in [4.69, 9.17) is 34.8 Å². The molecule has 0 aliphatic heterocycles. The molecule has 0 radical (unpaired) electrons. The predicted octanol–water partition coefficient (Wildman–Crippen LogP) is 5.38. The number of nitrogens with zero attached hydrogens (tertiary/aromatic N) is 2. The summed E-state index contributed by atoms with van der Waals surface area (Å²) in [7, 11) is 3.65. The fourth-order valence-corrected chi connectivity index (χ4v) is 2.73. The molecule has 2 aromatic rings. The van der Waals surface area contributed by atoms with Crippen molar-refractivity contribution in [2.45, 2.75) is 6.92 Å². The number of aliphatic imine (C=N–C) groups is 1. The van der Waals surface area contributed by atoms with Gasteiger partial charge in [0.1, 0.15) is 0 Å². The van der Waals surface area contributed by atoms with E-state index in [0.29, 0.717) is 5.69 Å². The lowest BCUT2D eigenvalue weighted by molar-refractivity contribution is 0.102. The normalized spacial score (nSPS) is 11.3. The largest absolute Gasteiger partial charge is 0.334 e. The molecule has 0 aromatic heterocycles. The van der Waals surface area contributed by atoms with Crippen molar-refractivity contribution in [3.05, 3.63) is 57.0 Å². The number of anilines is 2. The van der Waals surface area contributed by atoms with Gasteiger partial charge in [-0.15, -0.1) is 0 Å². The van der Waals surface area contributed by atoms with Crippen LogP contribution in [0.3, 0.4) is 0 Å². The minimum absolute atomic E-state index is 0.132. The van der Waals surface area contributed by atoms with Gasteiger partial charge in [-0.1, -0.05) is 34.8 Å². The van der Waals surface area contributed by atoms with E-state index in [-0.39, 0.29) is 20.6 Å². The minimum Gasteiger partial charge on any atom is -0.334 e. The molecule has 0 aliphatic rings. The van der Waals surface area contributed by atoms with Crippen molar-refractivity contribution in [1.82, 2.24) is 0 Å². The number of nitrogens with one attached hydrogen (secondary N) is 1. The molecule has 7 heteroatoms. The number of rotatable bonds is 3. The van der Waals surface area contributed by atoms with Crippen LogP contribution < -0.4 is 10.2 Å². The van der Waals surface area contributed by atoms with Gasteiger partial charge < -0.3 is 10.2 Å². The first kappa shape index (κ1) is 18.6. The van der Waals surface area contributed by atoms with Crippen molar-refractivity contribution >= 4 is 57.9 Å². The van der Waals surface area contributed by atoms with E-state index in [9.17, 15) is 4.79 Å². The Balaban J connectivity index is 2.21. The Morgan fingerprint density at radius 2 is 1.62 bits per heavy atom. The first-order valence-electron chi connectivity index (χ1n) is 7.07. The zero-order valence-corrected chi connectivity index (χ0v) is 15.7. The molecule has 4 nitrogen and oxygen atoms in total. The Bertz CT molecular complexity index is 788. The lowest BCUT2D eigenvalue weighted by Crippen LogP contribution is -2.23. The Morgan fingerprint density at radius 3 is 2.21 bits per heavy atom. The molecule has 2 aromatic carbocycles. The summed E-state index contributed by atoms with van der Waals surface area (Å²) in [4.78, 5) is 18.5. The van der Waals surface area contributed by atoms with Gasteiger partial charge in [0.2, 0.25) is 0 Å². The topological polar surface area (TPSA) is 44.7 Å². The zero-order chi connectivity index (χ0) is 17.9. The van der Waals surface area contributed by atoms with Crippen LogP contribution in [0.2, 0.25) is 15.1 Å². The van der Waals surface area contributed by atoms with E-state index in [2.05, 4.69) is 10.3 Å². The van der Waals surface area contributed by atoms with E-state index < -0.39 is 5.91 Å².